The van der Waals surface area contributed by atoms with E-state index in [0.29, 0.717) is 25.3 Å². The first-order chi connectivity index (χ1) is 11.1. The van der Waals surface area contributed by atoms with E-state index >= 15 is 0 Å². The highest BCUT2D eigenvalue weighted by Crippen LogP contribution is 2.22. The number of carbonyl (C=O) groups is 1. The van der Waals surface area contributed by atoms with Crippen molar-refractivity contribution in [2.45, 2.75) is 33.1 Å². The second kappa shape index (κ2) is 8.64. The summed E-state index contributed by atoms with van der Waals surface area (Å²) >= 11 is 1.46. The molecule has 0 spiro atoms. The summed E-state index contributed by atoms with van der Waals surface area (Å²) < 4.78 is 5.67. The molecule has 5 nitrogen and oxygen atoms in total. The van der Waals surface area contributed by atoms with E-state index in [9.17, 15) is 4.79 Å². The predicted octanol–water partition coefficient (Wildman–Crippen LogP) is 3.38. The number of nitrogens with zero attached hydrogens (tertiary/aromatic N) is 1. The lowest BCUT2D eigenvalue weighted by molar-refractivity contribution is 0.102. The minimum absolute atomic E-state index is 0.202. The van der Waals surface area contributed by atoms with Gasteiger partial charge in [-0.25, -0.2) is 4.98 Å². The smallest absolute Gasteiger partial charge is 0.275 e. The average Bonchev–Trinajstić information content (AvgIpc) is 2.99. The highest BCUT2D eigenvalue weighted by atomic mass is 32.1. The van der Waals surface area contributed by atoms with E-state index in [-0.39, 0.29) is 5.91 Å². The number of nitrogens with two attached hydrogens (primary N) is 1. The highest BCUT2D eigenvalue weighted by molar-refractivity contribution is 7.09. The van der Waals surface area contributed by atoms with Crippen LogP contribution in [0.15, 0.2) is 23.6 Å². The minimum atomic E-state index is -0.202. The standard InChI is InChI=1S/C17H23N3O2S/c1-3-4-9-22-13-5-6-14(12(2)10-13)20-17(21)15-11-23-16(19-15)7-8-18/h5-6,10-11H,3-4,7-9,18H2,1-2H3,(H,20,21). The van der Waals surface area contributed by atoms with Crippen LogP contribution < -0.4 is 15.8 Å². The van der Waals surface area contributed by atoms with Gasteiger partial charge in [0, 0.05) is 17.5 Å². The third kappa shape index (κ3) is 5.04. The molecule has 0 aliphatic heterocycles. The number of nitrogens with one attached hydrogen (secondary N) is 1. The van der Waals surface area contributed by atoms with Crippen molar-refractivity contribution in [1.82, 2.24) is 4.98 Å². The number of thiazole rings is 1. The van der Waals surface area contributed by atoms with Gasteiger partial charge in [0.1, 0.15) is 11.4 Å². The number of unbranched alkanes of at least 4 members (excludes halogenated alkanes) is 1. The Labute approximate surface area is 140 Å². The maximum atomic E-state index is 12.3. The maximum absolute atomic E-state index is 12.3. The molecule has 1 aromatic heterocycles. The van der Waals surface area contributed by atoms with Crippen molar-refractivity contribution in [1.29, 1.82) is 0 Å². The monoisotopic (exact) mass is 333 g/mol. The third-order valence-corrected chi connectivity index (χ3v) is 4.26. The van der Waals surface area contributed by atoms with Gasteiger partial charge in [-0.2, -0.15) is 0 Å². The van der Waals surface area contributed by atoms with Gasteiger partial charge in [0.2, 0.25) is 0 Å². The summed E-state index contributed by atoms with van der Waals surface area (Å²) in [6.07, 6.45) is 2.83. The Morgan fingerprint density at radius 3 is 2.96 bits per heavy atom. The lowest BCUT2D eigenvalue weighted by Crippen LogP contribution is -2.13. The molecule has 124 valence electrons. The number of amides is 1. The van der Waals surface area contributed by atoms with Crippen molar-refractivity contribution in [3.05, 3.63) is 39.8 Å². The molecule has 2 rings (SSSR count). The predicted molar refractivity (Wildman–Crippen MR) is 94.4 cm³/mol. The zero-order valence-electron chi connectivity index (χ0n) is 13.6. The number of hydrogen-bond donors (Lipinski definition) is 2. The van der Waals surface area contributed by atoms with E-state index in [1.165, 1.54) is 11.3 Å². The van der Waals surface area contributed by atoms with Crippen LogP contribution in [-0.2, 0) is 6.42 Å². The van der Waals surface area contributed by atoms with Gasteiger partial charge in [-0.05, 0) is 43.7 Å². The average molecular weight is 333 g/mol. The summed E-state index contributed by atoms with van der Waals surface area (Å²) in [5, 5.41) is 5.54. The number of aromatic nitrogens is 1. The van der Waals surface area contributed by atoms with Crippen LogP contribution in [0.5, 0.6) is 5.75 Å². The molecule has 1 aromatic carbocycles. The van der Waals surface area contributed by atoms with Gasteiger partial charge in [-0.3, -0.25) is 4.79 Å². The maximum Gasteiger partial charge on any atom is 0.275 e. The van der Waals surface area contributed by atoms with Crippen LogP contribution in [-0.4, -0.2) is 24.0 Å². The van der Waals surface area contributed by atoms with Crippen molar-refractivity contribution in [2.75, 3.05) is 18.5 Å². The van der Waals surface area contributed by atoms with E-state index in [2.05, 4.69) is 17.2 Å². The normalized spacial score (nSPS) is 10.6. The number of aryl methyl sites for hydroxylation is 1. The second-order valence-electron chi connectivity index (χ2n) is 5.30. The molecule has 0 unspecified atom stereocenters. The number of benzene rings is 1. The molecule has 0 fully saturated rings. The van der Waals surface area contributed by atoms with Crippen LogP contribution in [0.2, 0.25) is 0 Å². The van der Waals surface area contributed by atoms with Crippen molar-refractivity contribution >= 4 is 22.9 Å². The lowest BCUT2D eigenvalue weighted by Gasteiger charge is -2.10. The fourth-order valence-electron chi connectivity index (χ4n) is 2.04. The Morgan fingerprint density at radius 2 is 2.26 bits per heavy atom. The first-order valence-electron chi connectivity index (χ1n) is 7.83. The van der Waals surface area contributed by atoms with Crippen LogP contribution in [0.3, 0.4) is 0 Å². The van der Waals surface area contributed by atoms with Gasteiger partial charge in [0.15, 0.2) is 0 Å². The molecule has 23 heavy (non-hydrogen) atoms. The van der Waals surface area contributed by atoms with Crippen molar-refractivity contribution < 1.29 is 9.53 Å². The van der Waals surface area contributed by atoms with Crippen LogP contribution in [0.1, 0.15) is 40.8 Å². The number of hydrogen-bond acceptors (Lipinski definition) is 5. The van der Waals surface area contributed by atoms with Crippen LogP contribution >= 0.6 is 11.3 Å². The molecule has 3 N–H and O–H groups in total. The van der Waals surface area contributed by atoms with Gasteiger partial charge < -0.3 is 15.8 Å². The molecular weight excluding hydrogens is 310 g/mol. The van der Waals surface area contributed by atoms with Gasteiger partial charge >= 0.3 is 0 Å². The van der Waals surface area contributed by atoms with E-state index in [1.807, 2.05) is 25.1 Å². The summed E-state index contributed by atoms with van der Waals surface area (Å²) in [7, 11) is 0. The van der Waals surface area contributed by atoms with Crippen LogP contribution in [0.25, 0.3) is 0 Å². The van der Waals surface area contributed by atoms with Crippen LogP contribution in [0.4, 0.5) is 5.69 Å². The van der Waals surface area contributed by atoms with Gasteiger partial charge in [0.25, 0.3) is 5.91 Å². The second-order valence-corrected chi connectivity index (χ2v) is 6.24. The fourth-order valence-corrected chi connectivity index (χ4v) is 2.83. The first-order valence-corrected chi connectivity index (χ1v) is 8.71. The SMILES string of the molecule is CCCCOc1ccc(NC(=O)c2csc(CCN)n2)c(C)c1. The van der Waals surface area contributed by atoms with E-state index < -0.39 is 0 Å². The Hall–Kier alpha value is -1.92. The summed E-state index contributed by atoms with van der Waals surface area (Å²) in [5.41, 5.74) is 7.67. The molecule has 0 bridgehead atoms. The molecule has 6 heteroatoms. The number of anilines is 1. The molecule has 0 aliphatic rings. The minimum Gasteiger partial charge on any atom is -0.494 e. The van der Waals surface area contributed by atoms with Crippen molar-refractivity contribution in [2.24, 2.45) is 5.73 Å². The zero-order valence-corrected chi connectivity index (χ0v) is 14.4. The van der Waals surface area contributed by atoms with E-state index in [4.69, 9.17) is 10.5 Å². The zero-order chi connectivity index (χ0) is 16.7. The topological polar surface area (TPSA) is 77.2 Å². The lowest BCUT2D eigenvalue weighted by atomic mass is 10.2. The molecule has 2 aromatic rings. The molecular formula is C17H23N3O2S. The Balaban J connectivity index is 1.99. The van der Waals surface area contributed by atoms with E-state index in [0.717, 1.165) is 34.8 Å². The van der Waals surface area contributed by atoms with Crippen molar-refractivity contribution in [3.8, 4) is 5.75 Å². The number of ether oxygens (including phenoxy) is 1. The summed E-state index contributed by atoms with van der Waals surface area (Å²) in [6, 6.07) is 5.67. The summed E-state index contributed by atoms with van der Waals surface area (Å²) in [4.78, 5) is 16.5. The van der Waals surface area contributed by atoms with Gasteiger partial charge in [0.05, 0.1) is 11.6 Å². The van der Waals surface area contributed by atoms with Crippen LogP contribution in [0, 0.1) is 6.92 Å². The summed E-state index contributed by atoms with van der Waals surface area (Å²) in [5.74, 6) is 0.625. The molecule has 0 saturated carbocycles. The third-order valence-electron chi connectivity index (χ3n) is 3.36. The van der Waals surface area contributed by atoms with Crippen molar-refractivity contribution in [3.63, 3.8) is 0 Å². The number of rotatable bonds is 8. The Bertz CT molecular complexity index is 655. The Morgan fingerprint density at radius 1 is 1.43 bits per heavy atom. The quantitative estimate of drug-likeness (QED) is 0.726. The highest BCUT2D eigenvalue weighted by Gasteiger charge is 2.12. The van der Waals surface area contributed by atoms with E-state index in [1.54, 1.807) is 5.38 Å². The van der Waals surface area contributed by atoms with Gasteiger partial charge in [-0.1, -0.05) is 13.3 Å². The molecule has 0 radical (unpaired) electrons. The molecule has 0 aliphatic carbocycles. The van der Waals surface area contributed by atoms with Gasteiger partial charge in [-0.15, -0.1) is 11.3 Å². The number of carbonyl (C=O) groups excluding carboxylic acids is 1. The molecule has 0 saturated heterocycles. The molecule has 1 heterocycles. The Kier molecular flexibility index (Phi) is 6.55. The first kappa shape index (κ1) is 17.4. The summed E-state index contributed by atoms with van der Waals surface area (Å²) in [6.45, 7) is 5.32. The molecule has 0 atom stereocenters. The fraction of sp³-hybridized carbons (Fsp3) is 0.412. The molecule has 1 amide bonds. The largest absolute Gasteiger partial charge is 0.494 e.